The Morgan fingerprint density at radius 3 is 1.88 bits per heavy atom. The Morgan fingerprint density at radius 1 is 0.760 bits per heavy atom. The van der Waals surface area contributed by atoms with Gasteiger partial charge in [0.1, 0.15) is 6.67 Å². The molecule has 0 saturated carbocycles. The number of hydrogen-bond donors (Lipinski definition) is 0. The van der Waals surface area contributed by atoms with E-state index >= 15 is 0 Å². The van der Waals surface area contributed by atoms with Gasteiger partial charge in [0.25, 0.3) is 0 Å². The van der Waals surface area contributed by atoms with Crippen molar-refractivity contribution in [1.29, 1.82) is 0 Å². The molecule has 25 heavy (non-hydrogen) atoms. The van der Waals surface area contributed by atoms with Crippen LogP contribution in [0.4, 0.5) is 22.9 Å². The van der Waals surface area contributed by atoms with Crippen molar-refractivity contribution in [2.45, 2.75) is 26.2 Å². The maximum atomic E-state index is 4.75. The van der Waals surface area contributed by atoms with Crippen LogP contribution in [0.1, 0.15) is 26.3 Å². The monoisotopic (exact) mass is 329 g/mol. The molecular weight excluding hydrogens is 306 g/mol. The van der Waals surface area contributed by atoms with Crippen molar-refractivity contribution in [1.82, 2.24) is 4.98 Å². The molecule has 0 N–H and O–H groups in total. The lowest BCUT2D eigenvalue weighted by Gasteiger charge is -2.27. The molecule has 4 rings (SSSR count). The number of anilines is 4. The summed E-state index contributed by atoms with van der Waals surface area (Å²) in [6, 6.07) is 23.2. The van der Waals surface area contributed by atoms with Crippen LogP contribution in [0, 0.1) is 0 Å². The number of para-hydroxylation sites is 2. The molecule has 126 valence electrons. The summed E-state index contributed by atoms with van der Waals surface area (Å²) in [6.07, 6.45) is 1.93. The number of rotatable bonds is 2. The lowest BCUT2D eigenvalue weighted by atomic mass is 9.86. The minimum Gasteiger partial charge on any atom is -0.319 e. The van der Waals surface area contributed by atoms with Crippen molar-refractivity contribution >= 4 is 22.9 Å². The minimum absolute atomic E-state index is 0.0484. The van der Waals surface area contributed by atoms with E-state index in [1.807, 2.05) is 6.20 Å². The van der Waals surface area contributed by atoms with Gasteiger partial charge in [0.05, 0.1) is 5.69 Å². The van der Waals surface area contributed by atoms with Gasteiger partial charge < -0.3 is 9.80 Å². The molecule has 2 heterocycles. The molecule has 0 saturated heterocycles. The van der Waals surface area contributed by atoms with Crippen LogP contribution in [-0.2, 0) is 5.41 Å². The highest BCUT2D eigenvalue weighted by atomic mass is 15.4. The van der Waals surface area contributed by atoms with Gasteiger partial charge in [-0.3, -0.25) is 0 Å². The molecule has 3 nitrogen and oxygen atoms in total. The zero-order chi connectivity index (χ0) is 17.4. The lowest BCUT2D eigenvalue weighted by molar-refractivity contribution is 0.590. The number of pyridine rings is 1. The molecule has 0 atom stereocenters. The fourth-order valence-corrected chi connectivity index (χ4v) is 3.42. The number of fused-ring (bicyclic) bond motifs is 1. The van der Waals surface area contributed by atoms with Crippen molar-refractivity contribution in [3.05, 3.63) is 78.5 Å². The Labute approximate surface area is 149 Å². The van der Waals surface area contributed by atoms with Crippen LogP contribution < -0.4 is 9.80 Å². The average molecular weight is 329 g/mol. The third-order valence-electron chi connectivity index (χ3n) is 4.66. The third kappa shape index (κ3) is 2.76. The first-order valence-electron chi connectivity index (χ1n) is 8.70. The van der Waals surface area contributed by atoms with E-state index in [4.69, 9.17) is 4.98 Å². The highest BCUT2D eigenvalue weighted by molar-refractivity contribution is 5.87. The smallest absolute Gasteiger partial charge is 0.158 e. The number of benzene rings is 2. The predicted molar refractivity (Wildman–Crippen MR) is 105 cm³/mol. The normalized spacial score (nSPS) is 13.9. The minimum atomic E-state index is 0.0484. The van der Waals surface area contributed by atoms with Crippen LogP contribution in [0.3, 0.4) is 0 Å². The van der Waals surface area contributed by atoms with Gasteiger partial charge in [-0.1, -0.05) is 57.2 Å². The van der Waals surface area contributed by atoms with E-state index in [1.165, 1.54) is 22.6 Å². The molecule has 0 aliphatic carbocycles. The van der Waals surface area contributed by atoms with Crippen molar-refractivity contribution in [3.63, 3.8) is 0 Å². The largest absolute Gasteiger partial charge is 0.319 e. The predicted octanol–water partition coefficient (Wildman–Crippen LogP) is 5.63. The van der Waals surface area contributed by atoms with E-state index in [0.29, 0.717) is 0 Å². The highest BCUT2D eigenvalue weighted by Crippen LogP contribution is 2.47. The first-order valence-corrected chi connectivity index (χ1v) is 8.70. The van der Waals surface area contributed by atoms with Gasteiger partial charge in [0.15, 0.2) is 5.82 Å². The molecule has 2 aromatic carbocycles. The SMILES string of the molecule is CC(C)(C)c1ccnc2c1N(c1ccccc1)CN2c1ccccc1. The summed E-state index contributed by atoms with van der Waals surface area (Å²) in [5.74, 6) is 1.03. The van der Waals surface area contributed by atoms with Crippen LogP contribution in [0.2, 0.25) is 0 Å². The summed E-state index contributed by atoms with van der Waals surface area (Å²) in [6.45, 7) is 7.55. The van der Waals surface area contributed by atoms with Gasteiger partial charge in [-0.25, -0.2) is 4.98 Å². The fourth-order valence-electron chi connectivity index (χ4n) is 3.42. The maximum absolute atomic E-state index is 4.75. The van der Waals surface area contributed by atoms with Gasteiger partial charge >= 0.3 is 0 Å². The molecule has 1 aromatic heterocycles. The van der Waals surface area contributed by atoms with Gasteiger partial charge in [-0.2, -0.15) is 0 Å². The van der Waals surface area contributed by atoms with Crippen molar-refractivity contribution in [2.75, 3.05) is 16.5 Å². The Bertz CT molecular complexity index is 867. The Kier molecular flexibility index (Phi) is 3.72. The lowest BCUT2D eigenvalue weighted by Crippen LogP contribution is -2.25. The first kappa shape index (κ1) is 15.7. The van der Waals surface area contributed by atoms with E-state index in [9.17, 15) is 0 Å². The second-order valence-corrected chi connectivity index (χ2v) is 7.45. The summed E-state index contributed by atoms with van der Waals surface area (Å²) in [4.78, 5) is 9.41. The second-order valence-electron chi connectivity index (χ2n) is 7.45. The zero-order valence-electron chi connectivity index (χ0n) is 15.0. The Hall–Kier alpha value is -2.81. The van der Waals surface area contributed by atoms with Crippen LogP contribution >= 0.6 is 0 Å². The highest BCUT2D eigenvalue weighted by Gasteiger charge is 2.34. The molecule has 0 fully saturated rings. The summed E-state index contributed by atoms with van der Waals surface area (Å²) < 4.78 is 0. The molecule has 1 aliphatic heterocycles. The number of hydrogen-bond acceptors (Lipinski definition) is 3. The Morgan fingerprint density at radius 2 is 1.32 bits per heavy atom. The molecular formula is C22H23N3. The molecule has 0 radical (unpaired) electrons. The van der Waals surface area contributed by atoms with Gasteiger partial charge in [-0.15, -0.1) is 0 Å². The maximum Gasteiger partial charge on any atom is 0.158 e. The van der Waals surface area contributed by atoms with E-state index in [-0.39, 0.29) is 5.41 Å². The summed E-state index contributed by atoms with van der Waals surface area (Å²) in [5, 5.41) is 0. The van der Waals surface area contributed by atoms with Gasteiger partial charge in [0.2, 0.25) is 0 Å². The fraction of sp³-hybridized carbons (Fsp3) is 0.227. The molecule has 0 bridgehead atoms. The van der Waals surface area contributed by atoms with Crippen molar-refractivity contribution in [3.8, 4) is 0 Å². The van der Waals surface area contributed by atoms with Crippen LogP contribution in [-0.4, -0.2) is 11.7 Å². The molecule has 3 aromatic rings. The van der Waals surface area contributed by atoms with Gasteiger partial charge in [-0.05, 0) is 41.3 Å². The quantitative estimate of drug-likeness (QED) is 0.607. The van der Waals surface area contributed by atoms with E-state index in [0.717, 1.165) is 12.5 Å². The average Bonchev–Trinajstić information content (AvgIpc) is 3.02. The van der Waals surface area contributed by atoms with E-state index in [2.05, 4.69) is 97.3 Å². The van der Waals surface area contributed by atoms with Crippen LogP contribution in [0.5, 0.6) is 0 Å². The topological polar surface area (TPSA) is 19.4 Å². The third-order valence-corrected chi connectivity index (χ3v) is 4.66. The first-order chi connectivity index (χ1) is 12.1. The molecule has 0 amide bonds. The van der Waals surface area contributed by atoms with Gasteiger partial charge in [0, 0.05) is 17.6 Å². The standard InChI is InChI=1S/C22H23N3/c1-22(2,3)19-14-15-23-21-20(19)24(17-10-6-4-7-11-17)16-25(21)18-12-8-5-9-13-18/h4-15H,16H2,1-3H3. The summed E-state index contributed by atoms with van der Waals surface area (Å²) in [5.41, 5.74) is 4.94. The van der Waals surface area contributed by atoms with E-state index in [1.54, 1.807) is 0 Å². The van der Waals surface area contributed by atoms with Crippen LogP contribution in [0.25, 0.3) is 0 Å². The Balaban J connectivity index is 1.91. The molecule has 1 aliphatic rings. The molecule has 0 unspecified atom stereocenters. The summed E-state index contributed by atoms with van der Waals surface area (Å²) >= 11 is 0. The number of aromatic nitrogens is 1. The van der Waals surface area contributed by atoms with Crippen LogP contribution in [0.15, 0.2) is 72.9 Å². The molecule has 3 heteroatoms. The summed E-state index contributed by atoms with van der Waals surface area (Å²) in [7, 11) is 0. The zero-order valence-corrected chi connectivity index (χ0v) is 15.0. The second kappa shape index (κ2) is 5.92. The van der Waals surface area contributed by atoms with Crippen molar-refractivity contribution < 1.29 is 0 Å². The number of nitrogens with zero attached hydrogens (tertiary/aromatic N) is 3. The van der Waals surface area contributed by atoms with Crippen molar-refractivity contribution in [2.24, 2.45) is 0 Å². The van der Waals surface area contributed by atoms with E-state index < -0.39 is 0 Å². The molecule has 0 spiro atoms.